The second-order valence-corrected chi connectivity index (χ2v) is 9.62. The fourth-order valence-corrected chi connectivity index (χ4v) is 3.81. The van der Waals surface area contributed by atoms with Gasteiger partial charge < -0.3 is 15.0 Å². The lowest BCUT2D eigenvalue weighted by atomic mass is 9.87. The average Bonchev–Trinajstić information content (AvgIpc) is 2.81. The van der Waals surface area contributed by atoms with E-state index in [-0.39, 0.29) is 30.0 Å². The summed E-state index contributed by atoms with van der Waals surface area (Å²) < 4.78 is 43.3. The standard InChI is InChI=1S/C26H29F3N2O4/c1-25(2,3)19-8-10-21(11-9-19)30-22(32)16-35-24(34)18-12-14-31(15-13-18)23(33)17-4-6-20(7-5-17)26(27,28)29/h4-11,18H,12-16H2,1-3H3,(H,30,32). The first-order chi connectivity index (χ1) is 16.3. The Morgan fingerprint density at radius 2 is 1.46 bits per heavy atom. The minimum Gasteiger partial charge on any atom is -0.455 e. The number of amides is 2. The third-order valence-corrected chi connectivity index (χ3v) is 5.95. The van der Waals surface area contributed by atoms with Crippen LogP contribution in [0.2, 0.25) is 0 Å². The maximum atomic E-state index is 12.7. The zero-order valence-electron chi connectivity index (χ0n) is 19.9. The van der Waals surface area contributed by atoms with Crippen molar-refractivity contribution in [1.82, 2.24) is 4.90 Å². The van der Waals surface area contributed by atoms with Gasteiger partial charge >= 0.3 is 12.1 Å². The SMILES string of the molecule is CC(C)(C)c1ccc(NC(=O)COC(=O)C2CCN(C(=O)c3ccc(C(F)(F)F)cc3)CC2)cc1. The van der Waals surface area contributed by atoms with Crippen LogP contribution in [0.4, 0.5) is 18.9 Å². The quantitative estimate of drug-likeness (QED) is 0.596. The summed E-state index contributed by atoms with van der Waals surface area (Å²) in [7, 11) is 0. The van der Waals surface area contributed by atoms with E-state index < -0.39 is 36.1 Å². The Balaban J connectivity index is 1.43. The number of rotatable bonds is 5. The minimum atomic E-state index is -4.46. The molecule has 0 aliphatic carbocycles. The number of ether oxygens (including phenoxy) is 1. The van der Waals surface area contributed by atoms with E-state index in [2.05, 4.69) is 26.1 Å². The summed E-state index contributed by atoms with van der Waals surface area (Å²) >= 11 is 0. The van der Waals surface area contributed by atoms with Crippen LogP contribution in [0.25, 0.3) is 0 Å². The summed E-state index contributed by atoms with van der Waals surface area (Å²) in [6.45, 7) is 6.40. The molecule has 1 saturated heterocycles. The van der Waals surface area contributed by atoms with Crippen molar-refractivity contribution in [3.8, 4) is 0 Å². The predicted molar refractivity (Wildman–Crippen MR) is 125 cm³/mol. The van der Waals surface area contributed by atoms with Crippen molar-refractivity contribution in [2.75, 3.05) is 25.0 Å². The molecule has 0 saturated carbocycles. The first-order valence-corrected chi connectivity index (χ1v) is 11.4. The number of benzene rings is 2. The molecule has 0 radical (unpaired) electrons. The molecule has 1 fully saturated rings. The highest BCUT2D eigenvalue weighted by molar-refractivity contribution is 5.94. The maximum Gasteiger partial charge on any atom is 0.416 e. The van der Waals surface area contributed by atoms with Gasteiger partial charge in [-0.25, -0.2) is 0 Å². The van der Waals surface area contributed by atoms with E-state index >= 15 is 0 Å². The van der Waals surface area contributed by atoms with Gasteiger partial charge in [-0.3, -0.25) is 14.4 Å². The molecular weight excluding hydrogens is 461 g/mol. The number of carbonyl (C=O) groups excluding carboxylic acids is 3. The molecule has 0 atom stereocenters. The first-order valence-electron chi connectivity index (χ1n) is 11.4. The second-order valence-electron chi connectivity index (χ2n) is 9.62. The average molecular weight is 491 g/mol. The monoisotopic (exact) mass is 490 g/mol. The molecule has 1 N–H and O–H groups in total. The van der Waals surface area contributed by atoms with Crippen molar-refractivity contribution < 1.29 is 32.3 Å². The molecule has 9 heteroatoms. The third kappa shape index (κ3) is 7.07. The number of piperidine rings is 1. The van der Waals surface area contributed by atoms with E-state index in [9.17, 15) is 27.6 Å². The van der Waals surface area contributed by atoms with Crippen LogP contribution >= 0.6 is 0 Å². The summed E-state index contributed by atoms with van der Waals surface area (Å²) in [6, 6.07) is 11.5. The van der Waals surface area contributed by atoms with Crippen molar-refractivity contribution >= 4 is 23.5 Å². The van der Waals surface area contributed by atoms with Crippen LogP contribution in [0.15, 0.2) is 48.5 Å². The predicted octanol–water partition coefficient (Wildman–Crippen LogP) is 5.04. The summed E-state index contributed by atoms with van der Waals surface area (Å²) in [5, 5.41) is 2.69. The number of esters is 1. The Morgan fingerprint density at radius 3 is 1.97 bits per heavy atom. The molecule has 1 heterocycles. The van der Waals surface area contributed by atoms with Crippen LogP contribution in [0.3, 0.4) is 0 Å². The lowest BCUT2D eigenvalue weighted by molar-refractivity contribution is -0.152. The van der Waals surface area contributed by atoms with E-state index in [1.165, 1.54) is 4.90 Å². The summed E-state index contributed by atoms with van der Waals surface area (Å²) in [5.41, 5.74) is 1.07. The Kier molecular flexibility index (Phi) is 7.87. The normalized spacial score (nSPS) is 15.0. The van der Waals surface area contributed by atoms with Crippen molar-refractivity contribution in [3.05, 3.63) is 65.2 Å². The van der Waals surface area contributed by atoms with Gasteiger partial charge in [0.1, 0.15) is 0 Å². The van der Waals surface area contributed by atoms with E-state index in [1.54, 1.807) is 12.1 Å². The fourth-order valence-electron chi connectivity index (χ4n) is 3.81. The summed E-state index contributed by atoms with van der Waals surface area (Å²) in [5.74, 6) is -1.80. The first kappa shape index (κ1) is 26.2. The third-order valence-electron chi connectivity index (χ3n) is 5.95. The van der Waals surface area contributed by atoms with Crippen LogP contribution in [0, 0.1) is 5.92 Å². The van der Waals surface area contributed by atoms with Crippen LogP contribution in [-0.2, 0) is 25.9 Å². The van der Waals surface area contributed by atoms with Crippen molar-refractivity contribution in [2.45, 2.75) is 45.2 Å². The summed E-state index contributed by atoms with van der Waals surface area (Å²) in [4.78, 5) is 38.6. The molecular formula is C26H29F3N2O4. The Labute approximate surface area is 202 Å². The Bertz CT molecular complexity index is 1050. The Morgan fingerprint density at radius 1 is 0.914 bits per heavy atom. The van der Waals surface area contributed by atoms with Crippen LogP contribution in [0.5, 0.6) is 0 Å². The zero-order valence-corrected chi connectivity index (χ0v) is 19.9. The molecule has 3 rings (SSSR count). The van der Waals surface area contributed by atoms with Crippen molar-refractivity contribution in [2.24, 2.45) is 5.92 Å². The highest BCUT2D eigenvalue weighted by Gasteiger charge is 2.32. The largest absolute Gasteiger partial charge is 0.455 e. The topological polar surface area (TPSA) is 75.7 Å². The number of hydrogen-bond donors (Lipinski definition) is 1. The molecule has 2 aromatic rings. The van der Waals surface area contributed by atoms with Crippen LogP contribution in [-0.4, -0.2) is 42.4 Å². The van der Waals surface area contributed by atoms with E-state index in [0.717, 1.165) is 29.8 Å². The van der Waals surface area contributed by atoms with Gasteiger partial charge in [0, 0.05) is 24.3 Å². The van der Waals surface area contributed by atoms with Gasteiger partial charge in [-0.15, -0.1) is 0 Å². The number of hydrogen-bond acceptors (Lipinski definition) is 4. The molecule has 0 unspecified atom stereocenters. The highest BCUT2D eigenvalue weighted by atomic mass is 19.4. The maximum absolute atomic E-state index is 12.7. The van der Waals surface area contributed by atoms with Gasteiger partial charge in [0.15, 0.2) is 6.61 Å². The minimum absolute atomic E-state index is 0.00397. The molecule has 0 aromatic heterocycles. The number of nitrogens with zero attached hydrogens (tertiary/aromatic N) is 1. The lowest BCUT2D eigenvalue weighted by Crippen LogP contribution is -2.41. The molecule has 35 heavy (non-hydrogen) atoms. The zero-order chi connectivity index (χ0) is 25.8. The van der Waals surface area contributed by atoms with Crippen LogP contribution in [0.1, 0.15) is 55.1 Å². The molecule has 0 bridgehead atoms. The van der Waals surface area contributed by atoms with Gasteiger partial charge in [-0.1, -0.05) is 32.9 Å². The summed E-state index contributed by atoms with van der Waals surface area (Å²) in [6.07, 6.45) is -3.77. The molecule has 2 amide bonds. The smallest absolute Gasteiger partial charge is 0.416 e. The number of nitrogens with one attached hydrogen (secondary N) is 1. The van der Waals surface area contributed by atoms with Gasteiger partial charge in [-0.2, -0.15) is 13.2 Å². The molecule has 6 nitrogen and oxygen atoms in total. The van der Waals surface area contributed by atoms with Crippen molar-refractivity contribution in [3.63, 3.8) is 0 Å². The molecule has 1 aliphatic rings. The molecule has 0 spiro atoms. The highest BCUT2D eigenvalue weighted by Crippen LogP contribution is 2.29. The number of likely N-dealkylation sites (tertiary alicyclic amines) is 1. The Hall–Kier alpha value is -3.36. The van der Waals surface area contributed by atoms with Gasteiger partial charge in [-0.05, 0) is 60.2 Å². The molecule has 188 valence electrons. The fraction of sp³-hybridized carbons (Fsp3) is 0.423. The van der Waals surface area contributed by atoms with Crippen LogP contribution < -0.4 is 5.32 Å². The lowest BCUT2D eigenvalue weighted by Gasteiger charge is -2.31. The van der Waals surface area contributed by atoms with Gasteiger partial charge in [0.2, 0.25) is 0 Å². The number of halogens is 3. The van der Waals surface area contributed by atoms with Crippen molar-refractivity contribution in [1.29, 1.82) is 0 Å². The van der Waals surface area contributed by atoms with Gasteiger partial charge in [0.05, 0.1) is 11.5 Å². The second kappa shape index (κ2) is 10.5. The number of carbonyl (C=O) groups is 3. The number of anilines is 1. The van der Waals surface area contributed by atoms with E-state index in [4.69, 9.17) is 4.74 Å². The molecule has 1 aliphatic heterocycles. The number of alkyl halides is 3. The van der Waals surface area contributed by atoms with E-state index in [0.29, 0.717) is 18.5 Å². The molecule has 2 aromatic carbocycles. The van der Waals surface area contributed by atoms with E-state index in [1.807, 2.05) is 12.1 Å². The van der Waals surface area contributed by atoms with Gasteiger partial charge in [0.25, 0.3) is 11.8 Å².